The average Bonchev–Trinajstić information content (AvgIpc) is 3.12. The lowest BCUT2D eigenvalue weighted by Gasteiger charge is -2.43. The van der Waals surface area contributed by atoms with E-state index in [2.05, 4.69) is 14.7 Å². The number of ketones is 1. The van der Waals surface area contributed by atoms with Crippen LogP contribution in [0.1, 0.15) is 12.0 Å². The van der Waals surface area contributed by atoms with Crippen LogP contribution in [0.2, 0.25) is 0 Å². The Kier molecular flexibility index (Phi) is 4.24. The zero-order valence-corrected chi connectivity index (χ0v) is 13.7. The van der Waals surface area contributed by atoms with Crippen LogP contribution in [0.15, 0.2) is 36.2 Å². The monoisotopic (exact) mass is 331 g/mol. The Morgan fingerprint density at radius 3 is 2.79 bits per heavy atom. The van der Waals surface area contributed by atoms with Gasteiger partial charge in [0.05, 0.1) is 25.5 Å². The summed E-state index contributed by atoms with van der Waals surface area (Å²) in [6, 6.07) is 6.92. The maximum absolute atomic E-state index is 13.0. The first-order chi connectivity index (χ1) is 11.7. The highest BCUT2D eigenvalue weighted by molar-refractivity contribution is 5.97. The molecule has 0 aliphatic carbocycles. The van der Waals surface area contributed by atoms with Crippen LogP contribution in [0.25, 0.3) is 0 Å². The van der Waals surface area contributed by atoms with Gasteiger partial charge < -0.3 is 14.5 Å². The summed E-state index contributed by atoms with van der Waals surface area (Å²) in [4.78, 5) is 19.1. The third-order valence-electron chi connectivity index (χ3n) is 5.01. The highest BCUT2D eigenvalue weighted by Gasteiger charge is 2.35. The quantitative estimate of drug-likeness (QED) is 0.837. The molecule has 0 N–H and O–H groups in total. The van der Waals surface area contributed by atoms with E-state index in [9.17, 15) is 9.18 Å². The van der Waals surface area contributed by atoms with E-state index in [1.165, 1.54) is 12.1 Å². The van der Waals surface area contributed by atoms with E-state index >= 15 is 0 Å². The van der Waals surface area contributed by atoms with Crippen LogP contribution in [0.5, 0.6) is 0 Å². The van der Waals surface area contributed by atoms with Crippen LogP contribution in [-0.4, -0.2) is 66.0 Å². The largest absolute Gasteiger partial charge is 0.380 e. The maximum atomic E-state index is 13.0. The van der Waals surface area contributed by atoms with Gasteiger partial charge in [-0.05, 0) is 24.1 Å². The molecule has 3 heterocycles. The fraction of sp³-hybridized carbons (Fsp3) is 0.500. The first kappa shape index (κ1) is 15.6. The molecule has 1 atom stereocenters. The highest BCUT2D eigenvalue weighted by atomic mass is 19.1. The molecule has 0 spiro atoms. The Morgan fingerprint density at radius 2 is 2.04 bits per heavy atom. The minimum atomic E-state index is -0.222. The zero-order chi connectivity index (χ0) is 16.5. The molecule has 4 rings (SSSR count). The van der Waals surface area contributed by atoms with Gasteiger partial charge in [-0.1, -0.05) is 12.1 Å². The number of nitrogens with zero attached hydrogens (tertiary/aromatic N) is 3. The number of ether oxygens (including phenoxy) is 1. The predicted molar refractivity (Wildman–Crippen MR) is 87.4 cm³/mol. The summed E-state index contributed by atoms with van der Waals surface area (Å²) in [5.74, 6) is -0.0441. The van der Waals surface area contributed by atoms with Crippen molar-refractivity contribution in [3.05, 3.63) is 47.5 Å². The lowest BCUT2D eigenvalue weighted by molar-refractivity contribution is -0.123. The second-order valence-electron chi connectivity index (χ2n) is 6.70. The summed E-state index contributed by atoms with van der Waals surface area (Å²) in [6.07, 6.45) is 2.98. The number of hydrogen-bond donors (Lipinski definition) is 0. The van der Waals surface area contributed by atoms with Gasteiger partial charge >= 0.3 is 0 Å². The Bertz CT molecular complexity index is 640. The van der Waals surface area contributed by atoms with E-state index < -0.39 is 0 Å². The Hall–Kier alpha value is -1.92. The van der Waals surface area contributed by atoms with Crippen molar-refractivity contribution in [1.82, 2.24) is 14.7 Å². The van der Waals surface area contributed by atoms with E-state index in [-0.39, 0.29) is 11.6 Å². The first-order valence-electron chi connectivity index (χ1n) is 8.49. The second kappa shape index (κ2) is 6.53. The number of carbonyl (C=O) groups excluding carboxylic acids is 1. The van der Waals surface area contributed by atoms with Crippen molar-refractivity contribution in [1.29, 1.82) is 0 Å². The topological polar surface area (TPSA) is 36.0 Å². The van der Waals surface area contributed by atoms with Gasteiger partial charge in [-0.3, -0.25) is 9.69 Å². The van der Waals surface area contributed by atoms with Crippen molar-refractivity contribution in [2.24, 2.45) is 0 Å². The number of carbonyl (C=O) groups is 1. The SMILES string of the molecule is O=C1CN(C2CCOC2)CN2CCN(Cc3ccc(F)cc3)C=C12. The van der Waals surface area contributed by atoms with E-state index in [0.29, 0.717) is 19.1 Å². The molecule has 6 heteroatoms. The molecule has 1 unspecified atom stereocenters. The first-order valence-corrected chi connectivity index (χ1v) is 8.49. The third kappa shape index (κ3) is 3.16. The van der Waals surface area contributed by atoms with Crippen molar-refractivity contribution in [3.63, 3.8) is 0 Å². The standard InChI is InChI=1S/C18H22FN3O2/c19-15-3-1-14(2-4-15)9-20-6-7-21-13-22(16-5-8-24-12-16)11-18(23)17(21)10-20/h1-4,10,16H,5-9,11-13H2. The molecule has 3 aliphatic heterocycles. The molecule has 2 saturated heterocycles. The van der Waals surface area contributed by atoms with Crippen molar-refractivity contribution in [3.8, 4) is 0 Å². The second-order valence-corrected chi connectivity index (χ2v) is 6.70. The van der Waals surface area contributed by atoms with Crippen LogP contribution in [0.4, 0.5) is 4.39 Å². The normalized spacial score (nSPS) is 25.0. The fourth-order valence-electron chi connectivity index (χ4n) is 3.62. The predicted octanol–water partition coefficient (Wildman–Crippen LogP) is 1.42. The molecule has 1 aromatic rings. The van der Waals surface area contributed by atoms with E-state index in [1.807, 2.05) is 6.20 Å². The van der Waals surface area contributed by atoms with E-state index in [4.69, 9.17) is 4.74 Å². The molecule has 0 bridgehead atoms. The third-order valence-corrected chi connectivity index (χ3v) is 5.01. The van der Waals surface area contributed by atoms with Gasteiger partial charge in [0.25, 0.3) is 0 Å². The summed E-state index contributed by atoms with van der Waals surface area (Å²) < 4.78 is 18.5. The summed E-state index contributed by atoms with van der Waals surface area (Å²) in [7, 11) is 0. The molecule has 5 nitrogen and oxygen atoms in total. The number of hydrogen-bond acceptors (Lipinski definition) is 5. The van der Waals surface area contributed by atoms with Gasteiger partial charge in [-0.15, -0.1) is 0 Å². The summed E-state index contributed by atoms with van der Waals surface area (Å²) >= 11 is 0. The molecule has 128 valence electrons. The Labute approximate surface area is 141 Å². The molecule has 0 radical (unpaired) electrons. The highest BCUT2D eigenvalue weighted by Crippen LogP contribution is 2.24. The minimum absolute atomic E-state index is 0.178. The number of Topliss-reactive ketones (excluding diaryl/α,β-unsaturated/α-hetero) is 1. The Morgan fingerprint density at radius 1 is 1.21 bits per heavy atom. The lowest BCUT2D eigenvalue weighted by atomic mass is 10.1. The number of benzene rings is 1. The molecule has 0 aromatic heterocycles. The van der Waals surface area contributed by atoms with Crippen LogP contribution in [0, 0.1) is 5.82 Å². The molecule has 0 saturated carbocycles. The summed E-state index contributed by atoms with van der Waals surface area (Å²) in [5.41, 5.74) is 1.85. The molecule has 24 heavy (non-hydrogen) atoms. The number of rotatable bonds is 3. The number of fused-ring (bicyclic) bond motifs is 1. The van der Waals surface area contributed by atoms with Crippen molar-refractivity contribution in [2.45, 2.75) is 19.0 Å². The molecule has 0 amide bonds. The van der Waals surface area contributed by atoms with E-state index in [0.717, 1.165) is 50.7 Å². The van der Waals surface area contributed by atoms with Gasteiger partial charge in [0.15, 0.2) is 5.78 Å². The average molecular weight is 331 g/mol. The van der Waals surface area contributed by atoms with E-state index in [1.54, 1.807) is 12.1 Å². The van der Waals surface area contributed by atoms with Crippen molar-refractivity contribution in [2.75, 3.05) is 39.5 Å². The molecule has 1 aromatic carbocycles. The van der Waals surface area contributed by atoms with Gasteiger partial charge in [-0.25, -0.2) is 4.39 Å². The lowest BCUT2D eigenvalue weighted by Crippen LogP contribution is -2.55. The van der Waals surface area contributed by atoms with Gasteiger partial charge in [0, 0.05) is 38.5 Å². The molecule has 2 fully saturated rings. The van der Waals surface area contributed by atoms with Crippen LogP contribution in [0.3, 0.4) is 0 Å². The Balaban J connectivity index is 1.44. The summed E-state index contributed by atoms with van der Waals surface area (Å²) in [6.45, 7) is 5.20. The van der Waals surface area contributed by atoms with Crippen LogP contribution >= 0.6 is 0 Å². The maximum Gasteiger partial charge on any atom is 0.194 e. The molecular weight excluding hydrogens is 309 g/mol. The van der Waals surface area contributed by atoms with Crippen molar-refractivity contribution >= 4 is 5.78 Å². The van der Waals surface area contributed by atoms with Crippen LogP contribution in [-0.2, 0) is 16.1 Å². The number of halogens is 1. The molecular formula is C18H22FN3O2. The van der Waals surface area contributed by atoms with Crippen LogP contribution < -0.4 is 0 Å². The van der Waals surface area contributed by atoms with Gasteiger partial charge in [-0.2, -0.15) is 0 Å². The fourth-order valence-corrected chi connectivity index (χ4v) is 3.62. The zero-order valence-electron chi connectivity index (χ0n) is 13.7. The smallest absolute Gasteiger partial charge is 0.194 e. The summed E-state index contributed by atoms with van der Waals surface area (Å²) in [5, 5.41) is 0. The van der Waals surface area contributed by atoms with Gasteiger partial charge in [0.1, 0.15) is 5.82 Å². The minimum Gasteiger partial charge on any atom is -0.380 e. The van der Waals surface area contributed by atoms with Gasteiger partial charge in [0.2, 0.25) is 0 Å². The molecule has 3 aliphatic rings. The van der Waals surface area contributed by atoms with Crippen molar-refractivity contribution < 1.29 is 13.9 Å².